The number of methoxy groups -OCH3 is 1. The van der Waals surface area contributed by atoms with E-state index in [1.807, 2.05) is 0 Å². The smallest absolute Gasteiger partial charge is 0.407 e. The minimum atomic E-state index is -5.69. The SMILES string of the molecule is COc1ccc(C(=O)C(C(F)(F)F)C(F)(F)F)cc1C. The first kappa shape index (κ1) is 16.3. The Bertz CT molecular complexity index is 490. The standard InChI is InChI=1S/C12H10F6O2/c1-6-5-7(3-4-8(6)20-2)9(19)10(11(13,14)15)12(16,17)18/h3-5,10H,1-2H3. The van der Waals surface area contributed by atoms with Crippen molar-refractivity contribution in [3.05, 3.63) is 29.3 Å². The molecule has 20 heavy (non-hydrogen) atoms. The molecule has 0 fully saturated rings. The molecule has 0 aromatic heterocycles. The third kappa shape index (κ3) is 3.43. The summed E-state index contributed by atoms with van der Waals surface area (Å²) in [5.74, 6) is -5.80. The quantitative estimate of drug-likeness (QED) is 0.624. The first-order valence-electron chi connectivity index (χ1n) is 5.30. The molecule has 112 valence electrons. The molecule has 0 amide bonds. The van der Waals surface area contributed by atoms with Crippen molar-refractivity contribution in [1.82, 2.24) is 0 Å². The first-order valence-corrected chi connectivity index (χ1v) is 5.30. The molecule has 0 atom stereocenters. The monoisotopic (exact) mass is 300 g/mol. The van der Waals surface area contributed by atoms with E-state index in [2.05, 4.69) is 0 Å². The van der Waals surface area contributed by atoms with Crippen LogP contribution in [0.2, 0.25) is 0 Å². The molecule has 0 unspecified atom stereocenters. The summed E-state index contributed by atoms with van der Waals surface area (Å²) in [6.07, 6.45) is -11.4. The zero-order valence-electron chi connectivity index (χ0n) is 10.4. The fraction of sp³-hybridized carbons (Fsp3) is 0.417. The number of ketones is 1. The van der Waals surface area contributed by atoms with Gasteiger partial charge in [-0.3, -0.25) is 4.79 Å². The second kappa shape index (κ2) is 5.34. The molecule has 2 nitrogen and oxygen atoms in total. The van der Waals surface area contributed by atoms with Crippen molar-refractivity contribution in [1.29, 1.82) is 0 Å². The van der Waals surface area contributed by atoms with Gasteiger partial charge in [-0.15, -0.1) is 0 Å². The minimum Gasteiger partial charge on any atom is -0.496 e. The van der Waals surface area contributed by atoms with Crippen molar-refractivity contribution < 1.29 is 35.9 Å². The van der Waals surface area contributed by atoms with Crippen molar-refractivity contribution in [2.24, 2.45) is 5.92 Å². The maximum Gasteiger partial charge on any atom is 0.407 e. The summed E-state index contributed by atoms with van der Waals surface area (Å²) in [6, 6.07) is 2.96. The first-order chi connectivity index (χ1) is 8.98. The highest BCUT2D eigenvalue weighted by atomic mass is 19.4. The van der Waals surface area contributed by atoms with E-state index >= 15 is 0 Å². The highest BCUT2D eigenvalue weighted by Gasteiger charge is 2.60. The minimum absolute atomic E-state index is 0.261. The van der Waals surface area contributed by atoms with E-state index in [4.69, 9.17) is 4.74 Å². The fourth-order valence-electron chi connectivity index (χ4n) is 1.68. The molecular formula is C12H10F6O2. The second-order valence-electron chi connectivity index (χ2n) is 4.06. The number of halogens is 6. The van der Waals surface area contributed by atoms with Gasteiger partial charge >= 0.3 is 12.4 Å². The Morgan fingerprint density at radius 1 is 1.10 bits per heavy atom. The van der Waals surface area contributed by atoms with E-state index in [0.29, 0.717) is 0 Å². The van der Waals surface area contributed by atoms with Gasteiger partial charge in [0.25, 0.3) is 0 Å². The van der Waals surface area contributed by atoms with Gasteiger partial charge in [0.2, 0.25) is 5.92 Å². The van der Waals surface area contributed by atoms with Gasteiger partial charge in [0.05, 0.1) is 7.11 Å². The molecule has 0 saturated carbocycles. The van der Waals surface area contributed by atoms with Crippen LogP contribution in [-0.4, -0.2) is 25.2 Å². The molecule has 0 saturated heterocycles. The van der Waals surface area contributed by atoms with Gasteiger partial charge in [-0.1, -0.05) is 0 Å². The Kier molecular flexibility index (Phi) is 4.36. The maximum atomic E-state index is 12.4. The summed E-state index contributed by atoms with van der Waals surface area (Å²) < 4.78 is 79.4. The normalized spacial score (nSPS) is 12.7. The third-order valence-electron chi connectivity index (χ3n) is 2.60. The number of benzene rings is 1. The van der Waals surface area contributed by atoms with E-state index in [-0.39, 0.29) is 11.3 Å². The third-order valence-corrected chi connectivity index (χ3v) is 2.60. The number of ether oxygens (including phenoxy) is 1. The highest BCUT2D eigenvalue weighted by Crippen LogP contribution is 2.41. The average Bonchev–Trinajstić information content (AvgIpc) is 2.24. The van der Waals surface area contributed by atoms with Crippen molar-refractivity contribution in [3.8, 4) is 5.75 Å². The molecule has 1 aromatic carbocycles. The van der Waals surface area contributed by atoms with E-state index in [0.717, 1.165) is 18.2 Å². The lowest BCUT2D eigenvalue weighted by molar-refractivity contribution is -0.264. The number of carbonyl (C=O) groups excluding carboxylic acids is 1. The van der Waals surface area contributed by atoms with Crippen LogP contribution in [0, 0.1) is 12.8 Å². The van der Waals surface area contributed by atoms with Crippen LogP contribution in [-0.2, 0) is 0 Å². The summed E-state index contributed by atoms with van der Waals surface area (Å²) in [5.41, 5.74) is -0.399. The van der Waals surface area contributed by atoms with E-state index in [1.54, 1.807) is 0 Å². The van der Waals surface area contributed by atoms with Crippen molar-refractivity contribution in [2.75, 3.05) is 7.11 Å². The lowest BCUT2D eigenvalue weighted by Crippen LogP contribution is -2.42. The van der Waals surface area contributed by atoms with Crippen molar-refractivity contribution in [3.63, 3.8) is 0 Å². The van der Waals surface area contributed by atoms with Crippen LogP contribution in [0.4, 0.5) is 26.3 Å². The fourth-order valence-corrected chi connectivity index (χ4v) is 1.68. The van der Waals surface area contributed by atoms with Crippen molar-refractivity contribution in [2.45, 2.75) is 19.3 Å². The summed E-state index contributed by atoms with van der Waals surface area (Å²) >= 11 is 0. The van der Waals surface area contributed by atoms with Gasteiger partial charge < -0.3 is 4.74 Å². The van der Waals surface area contributed by atoms with Gasteiger partial charge in [-0.2, -0.15) is 26.3 Å². The molecular weight excluding hydrogens is 290 g/mol. The predicted octanol–water partition coefficient (Wildman–Crippen LogP) is 3.93. The van der Waals surface area contributed by atoms with Crippen LogP contribution in [0.5, 0.6) is 5.75 Å². The largest absolute Gasteiger partial charge is 0.496 e. The van der Waals surface area contributed by atoms with Crippen LogP contribution < -0.4 is 4.74 Å². The molecule has 1 rings (SSSR count). The number of alkyl halides is 6. The predicted molar refractivity (Wildman–Crippen MR) is 57.7 cm³/mol. The lowest BCUT2D eigenvalue weighted by Gasteiger charge is -2.22. The van der Waals surface area contributed by atoms with E-state index < -0.39 is 29.6 Å². The molecule has 8 heteroatoms. The zero-order valence-corrected chi connectivity index (χ0v) is 10.4. The number of carbonyl (C=O) groups is 1. The van der Waals surface area contributed by atoms with Crippen LogP contribution in [0.15, 0.2) is 18.2 Å². The molecule has 0 N–H and O–H groups in total. The van der Waals surface area contributed by atoms with Crippen molar-refractivity contribution >= 4 is 5.78 Å². The Morgan fingerprint density at radius 3 is 1.95 bits per heavy atom. The molecule has 0 spiro atoms. The van der Waals surface area contributed by atoms with Crippen LogP contribution in [0.1, 0.15) is 15.9 Å². The Hall–Kier alpha value is -1.73. The van der Waals surface area contributed by atoms with Gasteiger partial charge in [0.15, 0.2) is 5.78 Å². The zero-order chi connectivity index (χ0) is 15.7. The Balaban J connectivity index is 3.24. The molecule has 0 heterocycles. The van der Waals surface area contributed by atoms with Crippen LogP contribution in [0.3, 0.4) is 0 Å². The highest BCUT2D eigenvalue weighted by molar-refractivity contribution is 5.99. The average molecular weight is 300 g/mol. The summed E-state index contributed by atoms with van der Waals surface area (Å²) in [5, 5.41) is 0. The Labute approximate surface area is 110 Å². The second-order valence-corrected chi connectivity index (χ2v) is 4.06. The number of rotatable bonds is 3. The summed E-state index contributed by atoms with van der Waals surface area (Å²) in [7, 11) is 1.29. The van der Waals surface area contributed by atoms with Gasteiger partial charge in [-0.05, 0) is 30.7 Å². The molecule has 1 aromatic rings. The Morgan fingerprint density at radius 2 is 1.60 bits per heavy atom. The summed E-state index contributed by atoms with van der Waals surface area (Å²) in [4.78, 5) is 11.5. The van der Waals surface area contributed by atoms with Crippen LogP contribution >= 0.6 is 0 Å². The van der Waals surface area contributed by atoms with Gasteiger partial charge in [0, 0.05) is 5.56 Å². The molecule has 0 bridgehead atoms. The van der Waals surface area contributed by atoms with Crippen LogP contribution in [0.25, 0.3) is 0 Å². The molecule has 0 aliphatic carbocycles. The summed E-state index contributed by atoms with van der Waals surface area (Å²) in [6.45, 7) is 1.41. The molecule has 0 aliphatic heterocycles. The van der Waals surface area contributed by atoms with Gasteiger partial charge in [-0.25, -0.2) is 0 Å². The number of Topliss-reactive ketones (excluding diaryl/α,β-unsaturated/α-hetero) is 1. The van der Waals surface area contributed by atoms with E-state index in [1.165, 1.54) is 14.0 Å². The number of aryl methyl sites for hydroxylation is 1. The van der Waals surface area contributed by atoms with Gasteiger partial charge in [0.1, 0.15) is 5.75 Å². The molecule has 0 aliphatic rings. The molecule has 0 radical (unpaired) electrons. The number of hydrogen-bond acceptors (Lipinski definition) is 2. The van der Waals surface area contributed by atoms with E-state index in [9.17, 15) is 31.1 Å². The topological polar surface area (TPSA) is 26.3 Å². The lowest BCUT2D eigenvalue weighted by atomic mass is 9.95. The number of hydrogen-bond donors (Lipinski definition) is 0. The maximum absolute atomic E-state index is 12.4.